The molecule has 0 spiro atoms. The number of carbonyl (C=O) groups is 1. The molecule has 0 bridgehead atoms. The van der Waals surface area contributed by atoms with E-state index in [4.69, 9.17) is 0 Å². The van der Waals surface area contributed by atoms with Crippen LogP contribution in [0.4, 0.5) is 4.39 Å². The maximum absolute atomic E-state index is 13.3. The first-order valence-electron chi connectivity index (χ1n) is 11.1. The molecule has 3 unspecified atom stereocenters. The quantitative estimate of drug-likeness (QED) is 0.437. The van der Waals surface area contributed by atoms with Gasteiger partial charge in [0.15, 0.2) is 5.16 Å². The van der Waals surface area contributed by atoms with Crippen LogP contribution in [-0.2, 0) is 11.3 Å². The van der Waals surface area contributed by atoms with E-state index in [9.17, 15) is 14.0 Å². The average Bonchev–Trinajstić information content (AvgIpc) is 2.79. The van der Waals surface area contributed by atoms with Gasteiger partial charge < -0.3 is 5.32 Å². The van der Waals surface area contributed by atoms with Crippen molar-refractivity contribution in [2.24, 2.45) is 11.8 Å². The molecule has 32 heavy (non-hydrogen) atoms. The van der Waals surface area contributed by atoms with Crippen molar-refractivity contribution in [3.8, 4) is 0 Å². The van der Waals surface area contributed by atoms with Crippen LogP contribution in [0.1, 0.15) is 38.7 Å². The van der Waals surface area contributed by atoms with Crippen molar-refractivity contribution in [2.45, 2.75) is 50.9 Å². The molecule has 3 atom stereocenters. The van der Waals surface area contributed by atoms with Gasteiger partial charge >= 0.3 is 0 Å². The zero-order valence-electron chi connectivity index (χ0n) is 18.4. The maximum atomic E-state index is 13.3. The molecule has 0 aliphatic heterocycles. The molecule has 7 heteroatoms. The highest BCUT2D eigenvalue weighted by atomic mass is 32.2. The number of aromatic nitrogens is 2. The Kier molecular flexibility index (Phi) is 6.94. The van der Waals surface area contributed by atoms with Crippen LogP contribution >= 0.6 is 11.8 Å². The molecule has 1 fully saturated rings. The first-order chi connectivity index (χ1) is 15.4. The number of nitrogens with zero attached hydrogens (tertiary/aromatic N) is 2. The van der Waals surface area contributed by atoms with Gasteiger partial charge in [-0.3, -0.25) is 14.2 Å². The predicted octanol–water partition coefficient (Wildman–Crippen LogP) is 4.62. The van der Waals surface area contributed by atoms with Gasteiger partial charge in [0, 0.05) is 6.04 Å². The van der Waals surface area contributed by atoms with Gasteiger partial charge in [0.05, 0.1) is 23.2 Å². The van der Waals surface area contributed by atoms with Crippen LogP contribution in [0.2, 0.25) is 0 Å². The Hall–Kier alpha value is -2.67. The number of para-hydroxylation sites is 1. The minimum atomic E-state index is -0.324. The van der Waals surface area contributed by atoms with Crippen LogP contribution in [-0.4, -0.2) is 27.3 Å². The van der Waals surface area contributed by atoms with Gasteiger partial charge in [-0.15, -0.1) is 0 Å². The SMILES string of the molecule is CC1CCCC(NC(=O)CSc2nc3ccccc3c(=O)n2Cc2ccc(F)cc2)C1C. The molecule has 1 heterocycles. The van der Waals surface area contributed by atoms with Crippen LogP contribution in [0, 0.1) is 17.7 Å². The van der Waals surface area contributed by atoms with Crippen molar-refractivity contribution < 1.29 is 9.18 Å². The van der Waals surface area contributed by atoms with Gasteiger partial charge in [0.1, 0.15) is 5.82 Å². The van der Waals surface area contributed by atoms with E-state index in [-0.39, 0.29) is 35.6 Å². The van der Waals surface area contributed by atoms with Gasteiger partial charge in [0.25, 0.3) is 5.56 Å². The summed E-state index contributed by atoms with van der Waals surface area (Å²) in [4.78, 5) is 30.6. The van der Waals surface area contributed by atoms with E-state index in [2.05, 4.69) is 24.1 Å². The van der Waals surface area contributed by atoms with Gasteiger partial charge in [-0.1, -0.05) is 62.7 Å². The summed E-state index contributed by atoms with van der Waals surface area (Å²) >= 11 is 1.26. The number of hydrogen-bond donors (Lipinski definition) is 1. The standard InChI is InChI=1S/C25H28FN3O2S/c1-16-6-5-9-21(17(16)2)27-23(30)15-32-25-28-22-8-4-3-7-20(22)24(31)29(25)14-18-10-12-19(26)13-11-18/h3-4,7-8,10-13,16-17,21H,5-6,9,14-15H2,1-2H3,(H,27,30). The van der Waals surface area contributed by atoms with Crippen LogP contribution in [0.15, 0.2) is 58.5 Å². The second kappa shape index (κ2) is 9.86. The first kappa shape index (κ1) is 22.5. The number of thioether (sulfide) groups is 1. The lowest BCUT2D eigenvalue weighted by molar-refractivity contribution is -0.120. The number of rotatable bonds is 6. The Balaban J connectivity index is 1.56. The zero-order valence-corrected chi connectivity index (χ0v) is 19.2. The average molecular weight is 454 g/mol. The molecule has 1 N–H and O–H groups in total. The molecule has 2 aromatic carbocycles. The maximum Gasteiger partial charge on any atom is 0.262 e. The summed E-state index contributed by atoms with van der Waals surface area (Å²) in [5.41, 5.74) is 1.23. The molecule has 5 nitrogen and oxygen atoms in total. The molecule has 1 aliphatic carbocycles. The third-order valence-electron chi connectivity index (χ3n) is 6.47. The van der Waals surface area contributed by atoms with Gasteiger partial charge in [-0.05, 0) is 48.1 Å². The fraction of sp³-hybridized carbons (Fsp3) is 0.400. The van der Waals surface area contributed by atoms with Crippen LogP contribution in [0.25, 0.3) is 10.9 Å². The molecule has 168 valence electrons. The zero-order chi connectivity index (χ0) is 22.7. The van der Waals surface area contributed by atoms with Crippen molar-refractivity contribution in [2.75, 3.05) is 5.75 Å². The Morgan fingerprint density at radius 3 is 2.69 bits per heavy atom. The topological polar surface area (TPSA) is 64.0 Å². The summed E-state index contributed by atoms with van der Waals surface area (Å²) in [5.74, 6) is 0.871. The summed E-state index contributed by atoms with van der Waals surface area (Å²) in [6.45, 7) is 4.70. The summed E-state index contributed by atoms with van der Waals surface area (Å²) in [6, 6.07) is 13.5. The van der Waals surface area contributed by atoms with Crippen molar-refractivity contribution in [3.05, 3.63) is 70.3 Å². The Morgan fingerprint density at radius 1 is 1.16 bits per heavy atom. The third-order valence-corrected chi connectivity index (χ3v) is 7.44. The largest absolute Gasteiger partial charge is 0.352 e. The molecule has 0 saturated heterocycles. The van der Waals surface area contributed by atoms with Gasteiger partial charge in [0.2, 0.25) is 5.91 Å². The van der Waals surface area contributed by atoms with Crippen molar-refractivity contribution >= 4 is 28.6 Å². The summed E-state index contributed by atoms with van der Waals surface area (Å²) in [7, 11) is 0. The van der Waals surface area contributed by atoms with Crippen molar-refractivity contribution in [3.63, 3.8) is 0 Å². The number of fused-ring (bicyclic) bond motifs is 1. The lowest BCUT2D eigenvalue weighted by atomic mass is 9.78. The van der Waals surface area contributed by atoms with E-state index in [1.165, 1.54) is 30.3 Å². The number of nitrogens with one attached hydrogen (secondary N) is 1. The number of benzene rings is 2. The van der Waals surface area contributed by atoms with Crippen LogP contribution in [0.3, 0.4) is 0 Å². The normalized spacial score (nSPS) is 20.9. The van der Waals surface area contributed by atoms with E-state index < -0.39 is 0 Å². The van der Waals surface area contributed by atoms with Crippen LogP contribution in [0.5, 0.6) is 0 Å². The predicted molar refractivity (Wildman–Crippen MR) is 126 cm³/mol. The fourth-order valence-corrected chi connectivity index (χ4v) is 5.14. The van der Waals surface area contributed by atoms with Crippen LogP contribution < -0.4 is 10.9 Å². The van der Waals surface area contributed by atoms with Gasteiger partial charge in [-0.25, -0.2) is 9.37 Å². The molecule has 4 rings (SSSR count). The molecule has 1 aromatic heterocycles. The monoisotopic (exact) mass is 453 g/mol. The summed E-state index contributed by atoms with van der Waals surface area (Å²) < 4.78 is 14.9. The Bertz CT molecular complexity index is 1160. The molecule has 1 amide bonds. The molecular formula is C25H28FN3O2S. The van der Waals surface area contributed by atoms with E-state index in [0.717, 1.165) is 18.4 Å². The highest BCUT2D eigenvalue weighted by molar-refractivity contribution is 7.99. The Labute approximate surface area is 191 Å². The van der Waals surface area contributed by atoms with E-state index in [1.54, 1.807) is 34.9 Å². The second-order valence-electron chi connectivity index (χ2n) is 8.66. The number of amides is 1. The van der Waals surface area contributed by atoms with E-state index in [1.807, 2.05) is 6.07 Å². The minimum Gasteiger partial charge on any atom is -0.352 e. The molecule has 0 radical (unpaired) electrons. The summed E-state index contributed by atoms with van der Waals surface area (Å²) in [5, 5.41) is 4.19. The van der Waals surface area contributed by atoms with E-state index in [0.29, 0.717) is 27.9 Å². The van der Waals surface area contributed by atoms with E-state index >= 15 is 0 Å². The fourth-order valence-electron chi connectivity index (χ4n) is 4.33. The third kappa shape index (κ3) is 5.04. The number of halogens is 1. The molecule has 3 aromatic rings. The number of hydrogen-bond acceptors (Lipinski definition) is 4. The first-order valence-corrected chi connectivity index (χ1v) is 12.1. The molecule has 1 saturated carbocycles. The lowest BCUT2D eigenvalue weighted by Gasteiger charge is -2.34. The molecular weight excluding hydrogens is 425 g/mol. The highest BCUT2D eigenvalue weighted by Gasteiger charge is 2.28. The van der Waals surface area contributed by atoms with Crippen molar-refractivity contribution in [1.82, 2.24) is 14.9 Å². The Morgan fingerprint density at radius 2 is 1.91 bits per heavy atom. The van der Waals surface area contributed by atoms with Crippen molar-refractivity contribution in [1.29, 1.82) is 0 Å². The minimum absolute atomic E-state index is 0.0447. The number of carbonyl (C=O) groups excluding carboxylic acids is 1. The molecule has 1 aliphatic rings. The lowest BCUT2D eigenvalue weighted by Crippen LogP contribution is -2.44. The summed E-state index contributed by atoms with van der Waals surface area (Å²) in [6.07, 6.45) is 3.34. The smallest absolute Gasteiger partial charge is 0.262 e. The van der Waals surface area contributed by atoms with Gasteiger partial charge in [-0.2, -0.15) is 0 Å². The highest BCUT2D eigenvalue weighted by Crippen LogP contribution is 2.29. The second-order valence-corrected chi connectivity index (χ2v) is 9.60.